The molecule has 0 aliphatic carbocycles. The normalized spacial score (nSPS) is 12.3. The molecule has 8 nitrogen and oxygen atoms in total. The second-order valence-corrected chi connectivity index (χ2v) is 6.25. The summed E-state index contributed by atoms with van der Waals surface area (Å²) in [6.07, 6.45) is 3.95. The van der Waals surface area contributed by atoms with Crippen LogP contribution in [0.2, 0.25) is 0 Å². The van der Waals surface area contributed by atoms with Gasteiger partial charge in [-0.15, -0.1) is 0 Å². The molecule has 3 aromatic rings. The predicted molar refractivity (Wildman–Crippen MR) is 99.2 cm³/mol. The van der Waals surface area contributed by atoms with E-state index in [9.17, 15) is 14.4 Å². The van der Waals surface area contributed by atoms with Gasteiger partial charge in [0.25, 0.3) is 11.5 Å². The highest BCUT2D eigenvalue weighted by atomic mass is 16.5. The maximum atomic E-state index is 12.6. The van der Waals surface area contributed by atoms with Crippen molar-refractivity contribution in [3.8, 4) is 16.9 Å². The van der Waals surface area contributed by atoms with Gasteiger partial charge in [0.05, 0.1) is 12.2 Å². The Bertz CT molecular complexity index is 1160. The lowest BCUT2D eigenvalue weighted by atomic mass is 10.0. The van der Waals surface area contributed by atoms with Crippen LogP contribution in [0.25, 0.3) is 11.1 Å². The molecule has 3 heterocycles. The zero-order valence-electron chi connectivity index (χ0n) is 14.5. The van der Waals surface area contributed by atoms with E-state index in [2.05, 4.69) is 20.3 Å². The van der Waals surface area contributed by atoms with Gasteiger partial charge < -0.3 is 15.0 Å². The topological polar surface area (TPSA) is 117 Å². The summed E-state index contributed by atoms with van der Waals surface area (Å²) in [5.74, 6) is 0.392. The van der Waals surface area contributed by atoms with E-state index in [0.29, 0.717) is 12.2 Å². The molecule has 0 radical (unpaired) electrons. The fourth-order valence-electron chi connectivity index (χ4n) is 3.02. The summed E-state index contributed by atoms with van der Waals surface area (Å²) < 4.78 is 5.51. The summed E-state index contributed by atoms with van der Waals surface area (Å²) in [7, 11) is 0. The van der Waals surface area contributed by atoms with Crippen LogP contribution in [0.4, 0.5) is 5.69 Å². The molecule has 8 heteroatoms. The first kappa shape index (κ1) is 16.8. The van der Waals surface area contributed by atoms with Crippen LogP contribution in [-0.4, -0.2) is 27.5 Å². The van der Waals surface area contributed by atoms with Gasteiger partial charge in [-0.1, -0.05) is 6.07 Å². The second-order valence-electron chi connectivity index (χ2n) is 6.25. The number of aromatic nitrogens is 3. The minimum absolute atomic E-state index is 0.000294. The fraction of sp³-hybridized carbons (Fsp3) is 0.158. The molecule has 1 aliphatic rings. The zero-order valence-corrected chi connectivity index (χ0v) is 14.5. The third-order valence-corrected chi connectivity index (χ3v) is 4.39. The van der Waals surface area contributed by atoms with Crippen LogP contribution in [0.3, 0.4) is 0 Å². The number of carbonyl (C=O) groups excluding carboxylic acids is 1. The van der Waals surface area contributed by atoms with Gasteiger partial charge in [-0.3, -0.25) is 19.6 Å². The van der Waals surface area contributed by atoms with Crippen LogP contribution in [0.5, 0.6) is 5.75 Å². The molecule has 0 unspecified atom stereocenters. The number of hydrogen-bond donors (Lipinski definition) is 3. The molecule has 1 amide bonds. The average Bonchev–Trinajstić information content (AvgIpc) is 3.12. The highest BCUT2D eigenvalue weighted by Crippen LogP contribution is 2.30. The Morgan fingerprint density at radius 3 is 2.81 bits per heavy atom. The first-order chi connectivity index (χ1) is 13.0. The van der Waals surface area contributed by atoms with E-state index in [0.717, 1.165) is 28.9 Å². The molecule has 4 rings (SSSR count). The first-order valence-corrected chi connectivity index (χ1v) is 8.37. The smallest absolute Gasteiger partial charge is 0.326 e. The number of rotatable bonds is 3. The van der Waals surface area contributed by atoms with Crippen molar-refractivity contribution in [1.29, 1.82) is 0 Å². The number of carbonyl (C=O) groups is 1. The summed E-state index contributed by atoms with van der Waals surface area (Å²) in [5.41, 5.74) is 2.13. The molecule has 2 aromatic heterocycles. The van der Waals surface area contributed by atoms with Crippen molar-refractivity contribution in [1.82, 2.24) is 15.0 Å². The van der Waals surface area contributed by atoms with E-state index >= 15 is 0 Å². The largest absolute Gasteiger partial charge is 0.493 e. The minimum atomic E-state index is -0.660. The third-order valence-electron chi connectivity index (χ3n) is 4.39. The summed E-state index contributed by atoms with van der Waals surface area (Å²) >= 11 is 0. The maximum absolute atomic E-state index is 12.6. The standard InChI is InChI=1S/C19H16N4O4/c1-10-16(18(25)23-19(26)21-10)22-17(24)14-7-13(8-20-9-14)11-2-3-15-12(6-11)4-5-27-15/h2-3,6-9H,4-5H2,1H3,(H,22,24)(H2,21,23,25,26). The molecular formula is C19H16N4O4. The van der Waals surface area contributed by atoms with Crippen molar-refractivity contribution >= 4 is 11.6 Å². The molecule has 0 fully saturated rings. The number of nitrogens with one attached hydrogen (secondary N) is 3. The summed E-state index contributed by atoms with van der Waals surface area (Å²) in [6, 6.07) is 7.56. The van der Waals surface area contributed by atoms with Crippen molar-refractivity contribution in [3.63, 3.8) is 0 Å². The Morgan fingerprint density at radius 1 is 1.15 bits per heavy atom. The van der Waals surface area contributed by atoms with Crippen LogP contribution in [0, 0.1) is 6.92 Å². The molecule has 0 atom stereocenters. The van der Waals surface area contributed by atoms with Crippen LogP contribution >= 0.6 is 0 Å². The number of aryl methyl sites for hydroxylation is 1. The number of benzene rings is 1. The number of amides is 1. The Morgan fingerprint density at radius 2 is 2.00 bits per heavy atom. The molecule has 3 N–H and O–H groups in total. The lowest BCUT2D eigenvalue weighted by molar-refractivity contribution is 0.102. The first-order valence-electron chi connectivity index (χ1n) is 8.37. The van der Waals surface area contributed by atoms with Crippen molar-refractivity contribution in [3.05, 3.63) is 74.3 Å². The van der Waals surface area contributed by atoms with Crippen LogP contribution in [0.15, 0.2) is 46.2 Å². The highest BCUT2D eigenvalue weighted by Gasteiger charge is 2.15. The van der Waals surface area contributed by atoms with Gasteiger partial charge in [-0.2, -0.15) is 0 Å². The zero-order chi connectivity index (χ0) is 19.0. The van der Waals surface area contributed by atoms with Crippen molar-refractivity contribution in [2.75, 3.05) is 11.9 Å². The van der Waals surface area contributed by atoms with Crippen LogP contribution in [-0.2, 0) is 6.42 Å². The number of H-pyrrole nitrogens is 2. The van der Waals surface area contributed by atoms with Gasteiger partial charge in [-0.05, 0) is 36.2 Å². The van der Waals surface area contributed by atoms with Crippen LogP contribution in [0.1, 0.15) is 21.6 Å². The Kier molecular flexibility index (Phi) is 4.08. The Labute approximate surface area is 153 Å². The molecule has 27 heavy (non-hydrogen) atoms. The summed E-state index contributed by atoms with van der Waals surface area (Å²) in [6.45, 7) is 2.21. The van der Waals surface area contributed by atoms with E-state index < -0.39 is 17.2 Å². The lowest BCUT2D eigenvalue weighted by Gasteiger charge is -2.08. The fourth-order valence-corrected chi connectivity index (χ4v) is 3.02. The van der Waals surface area contributed by atoms with Crippen molar-refractivity contribution < 1.29 is 9.53 Å². The lowest BCUT2D eigenvalue weighted by Crippen LogP contribution is -2.28. The molecule has 0 spiro atoms. The van der Waals surface area contributed by atoms with Crippen molar-refractivity contribution in [2.45, 2.75) is 13.3 Å². The number of aromatic amines is 2. The van der Waals surface area contributed by atoms with E-state index in [1.54, 1.807) is 12.3 Å². The summed E-state index contributed by atoms with van der Waals surface area (Å²) in [5, 5.41) is 2.53. The number of ether oxygens (including phenoxy) is 1. The van der Waals surface area contributed by atoms with Gasteiger partial charge in [0.1, 0.15) is 11.4 Å². The van der Waals surface area contributed by atoms with Crippen LogP contribution < -0.4 is 21.3 Å². The molecule has 0 saturated carbocycles. The quantitative estimate of drug-likeness (QED) is 0.653. The highest BCUT2D eigenvalue weighted by molar-refractivity contribution is 6.04. The van der Waals surface area contributed by atoms with E-state index in [1.807, 2.05) is 18.2 Å². The number of hydrogen-bond acceptors (Lipinski definition) is 5. The molecule has 1 aliphatic heterocycles. The van der Waals surface area contributed by atoms with Gasteiger partial charge in [0, 0.05) is 30.1 Å². The Hall–Kier alpha value is -3.68. The molecule has 0 bridgehead atoms. The predicted octanol–water partition coefficient (Wildman–Crippen LogP) is 1.62. The minimum Gasteiger partial charge on any atom is -0.493 e. The third kappa shape index (κ3) is 3.24. The van der Waals surface area contributed by atoms with E-state index in [1.165, 1.54) is 13.1 Å². The summed E-state index contributed by atoms with van der Waals surface area (Å²) in [4.78, 5) is 44.4. The number of nitrogens with zero attached hydrogens (tertiary/aromatic N) is 1. The number of fused-ring (bicyclic) bond motifs is 1. The molecular weight excluding hydrogens is 348 g/mol. The average molecular weight is 364 g/mol. The Balaban J connectivity index is 1.64. The number of anilines is 1. The van der Waals surface area contributed by atoms with Gasteiger partial charge in [-0.25, -0.2) is 4.79 Å². The molecule has 0 saturated heterocycles. The number of pyridine rings is 1. The van der Waals surface area contributed by atoms with E-state index in [4.69, 9.17) is 4.74 Å². The van der Waals surface area contributed by atoms with Gasteiger partial charge in [0.15, 0.2) is 0 Å². The monoisotopic (exact) mass is 364 g/mol. The SMILES string of the molecule is Cc1[nH]c(=O)[nH]c(=O)c1NC(=O)c1cncc(-c2ccc3c(c2)CCO3)c1. The van der Waals surface area contributed by atoms with Crippen molar-refractivity contribution in [2.24, 2.45) is 0 Å². The maximum Gasteiger partial charge on any atom is 0.326 e. The molecule has 1 aromatic carbocycles. The molecule has 136 valence electrons. The van der Waals surface area contributed by atoms with Gasteiger partial charge in [0.2, 0.25) is 0 Å². The van der Waals surface area contributed by atoms with E-state index in [-0.39, 0.29) is 11.4 Å². The second kappa shape index (κ2) is 6.56. The van der Waals surface area contributed by atoms with Gasteiger partial charge >= 0.3 is 5.69 Å².